The predicted molar refractivity (Wildman–Crippen MR) is 112 cm³/mol. The van der Waals surface area contributed by atoms with Crippen molar-refractivity contribution in [2.45, 2.75) is 90.6 Å². The zero-order valence-corrected chi connectivity index (χ0v) is 14.7. The second-order valence-corrected chi connectivity index (χ2v) is 6.05. The van der Waals surface area contributed by atoms with E-state index in [2.05, 4.69) is 4.98 Å². The zero-order chi connectivity index (χ0) is 43.0. The number of nitrogens with zero attached hydrogens (tertiary/aromatic N) is 3. The molecule has 0 amide bonds. The van der Waals surface area contributed by atoms with Crippen LogP contribution in [-0.2, 0) is 18.4 Å². The summed E-state index contributed by atoms with van der Waals surface area (Å²) in [5.41, 5.74) is -10.9. The number of hydrogen-bond donors (Lipinski definition) is 1. The average Bonchev–Trinajstić information content (AvgIpc) is 3.41. The molecular weight excluding hydrogens is 352 g/mol. The Hall–Kier alpha value is -1.85. The van der Waals surface area contributed by atoms with Crippen LogP contribution in [0.1, 0.15) is 114 Å². The van der Waals surface area contributed by atoms with E-state index in [4.69, 9.17) is 32.9 Å². The van der Waals surface area contributed by atoms with Gasteiger partial charge >= 0.3 is 5.69 Å². The van der Waals surface area contributed by atoms with Crippen molar-refractivity contribution in [2.24, 2.45) is 17.7 Å². The van der Waals surface area contributed by atoms with E-state index in [1.807, 2.05) is 4.98 Å². The lowest BCUT2D eigenvalue weighted by molar-refractivity contribution is 0.0863. The van der Waals surface area contributed by atoms with Crippen LogP contribution in [0.3, 0.4) is 0 Å². The summed E-state index contributed by atoms with van der Waals surface area (Å²) >= 11 is 0. The Morgan fingerprint density at radius 3 is 2.61 bits per heavy atom. The molecule has 2 aliphatic carbocycles. The van der Waals surface area contributed by atoms with Crippen LogP contribution in [0.25, 0.3) is 11.2 Å². The van der Waals surface area contributed by atoms with Crippen LogP contribution in [0, 0.1) is 17.7 Å². The van der Waals surface area contributed by atoms with Crippen molar-refractivity contribution in [3.63, 3.8) is 0 Å². The van der Waals surface area contributed by atoms with Gasteiger partial charge in [0.1, 0.15) is 11.3 Å². The highest BCUT2D eigenvalue weighted by Gasteiger charge is 2.43. The first-order valence-electron chi connectivity index (χ1n) is 21.1. The SMILES string of the molecule is [2H]C([2H])C1([2H])C([2H])([2H])C2([2H])C([2H])([2H])C(C)(c3nc4c([nH]3)c(=O)n(C([2H])([2H])C([2H])([2H])C)c(=O)n4C([2H])([2H])C([2H])([2H])C([2H])([2H])[2H])C([2H])([2H])C([2H])(C1([2H])[2H])C2([2H])[2H]. The molecular formula is C22H34N4O2. The molecule has 2 aromatic rings. The Balaban J connectivity index is 2.37. The minimum absolute atomic E-state index is 0.399. The van der Waals surface area contributed by atoms with E-state index in [9.17, 15) is 12.3 Å². The van der Waals surface area contributed by atoms with E-state index in [0.29, 0.717) is 13.8 Å². The quantitative estimate of drug-likeness (QED) is 0.811. The molecule has 2 atom stereocenters. The largest absolute Gasteiger partial charge is 0.336 e. The van der Waals surface area contributed by atoms with Gasteiger partial charge in [0.15, 0.2) is 5.65 Å². The highest BCUT2D eigenvalue weighted by Crippen LogP contribution is 2.50. The Kier molecular flexibility index (Phi) is 1.40. The van der Waals surface area contributed by atoms with Crippen molar-refractivity contribution in [1.82, 2.24) is 19.1 Å². The summed E-state index contributed by atoms with van der Waals surface area (Å²) in [6, 6.07) is 0. The zero-order valence-electron chi connectivity index (χ0n) is 40.7. The number of nitrogens with one attached hydrogen (secondary N) is 1. The lowest BCUT2D eigenvalue weighted by Gasteiger charge is -2.46. The number of H-pyrrole nitrogens is 1. The molecule has 2 saturated carbocycles. The third-order valence-electron chi connectivity index (χ3n) is 4.08. The van der Waals surface area contributed by atoms with Crippen LogP contribution >= 0.6 is 0 Å². The monoisotopic (exact) mass is 412 g/mol. The van der Waals surface area contributed by atoms with E-state index in [-0.39, 0.29) is 0 Å². The van der Waals surface area contributed by atoms with Gasteiger partial charge in [0, 0.05) is 51.3 Å². The number of aromatic amines is 1. The highest BCUT2D eigenvalue weighted by atomic mass is 16.2. The van der Waals surface area contributed by atoms with Crippen molar-refractivity contribution in [3.8, 4) is 0 Å². The molecule has 6 nitrogen and oxygen atoms in total. The van der Waals surface area contributed by atoms with Crippen molar-refractivity contribution < 1.29 is 35.6 Å². The van der Waals surface area contributed by atoms with Gasteiger partial charge in [-0.15, -0.1) is 0 Å². The minimum atomic E-state index is -4.38. The molecule has 0 radical (unpaired) electrons. The third kappa shape index (κ3) is 3.15. The molecule has 0 saturated heterocycles. The Bertz CT molecular complexity index is 1960. The standard InChI is InChI=1S/C22H34N4O2/c1-5-7-25-18-17(19(27)26(8-6-2)21(25)28)23-20(24-18)22(4)12-15-9-14(3)10-16(11-15)13-22/h14-16H,5-13H2,1-4H3,(H,23,24)/i1D3,3D2,5D2,6D2,7D2,8D2,9D2,10D2,11D2,12D2,13D2,14D,15D,16D. The molecule has 154 valence electrons. The normalized spacial score (nSPS) is 63.2. The van der Waals surface area contributed by atoms with Gasteiger partial charge in [-0.2, -0.15) is 0 Å². The van der Waals surface area contributed by atoms with Crippen LogP contribution in [0.5, 0.6) is 0 Å². The van der Waals surface area contributed by atoms with Gasteiger partial charge in [0.25, 0.3) is 5.56 Å². The van der Waals surface area contributed by atoms with Gasteiger partial charge < -0.3 is 4.98 Å². The second kappa shape index (κ2) is 7.20. The maximum atomic E-state index is 14.0. The molecule has 0 aliphatic heterocycles. The molecule has 0 aromatic carbocycles. The lowest BCUT2D eigenvalue weighted by atomic mass is 9.59. The number of aromatic nitrogens is 4. The van der Waals surface area contributed by atoms with E-state index in [1.54, 1.807) is 0 Å². The summed E-state index contributed by atoms with van der Waals surface area (Å²) < 4.78 is 220. The Labute approximate surface area is 202 Å². The average molecular weight is 413 g/mol. The van der Waals surface area contributed by atoms with E-state index in [1.165, 1.54) is 0 Å². The van der Waals surface area contributed by atoms with E-state index < -0.39 is 132 Å². The predicted octanol–water partition coefficient (Wildman–Crippen LogP) is 3.81. The van der Waals surface area contributed by atoms with Gasteiger partial charge in [-0.25, -0.2) is 9.78 Å². The molecule has 2 aliphatic rings. The summed E-state index contributed by atoms with van der Waals surface area (Å²) in [7, 11) is 0. The summed E-state index contributed by atoms with van der Waals surface area (Å²) in [4.78, 5) is 33.6. The van der Waals surface area contributed by atoms with Gasteiger partial charge in [-0.05, 0) is 62.3 Å². The second-order valence-electron chi connectivity index (χ2n) is 6.05. The number of hydrogen-bond acceptors (Lipinski definition) is 3. The van der Waals surface area contributed by atoms with Crippen LogP contribution in [0.15, 0.2) is 9.59 Å². The summed E-state index contributed by atoms with van der Waals surface area (Å²) in [5.74, 6) is -14.3. The number of rotatable bonds is 5. The molecule has 2 aromatic heterocycles. The molecule has 2 unspecified atom stereocenters. The molecule has 1 N–H and O–H groups in total. The van der Waals surface area contributed by atoms with Gasteiger partial charge in [0.05, 0.1) is 2.74 Å². The van der Waals surface area contributed by atoms with Crippen molar-refractivity contribution in [2.75, 3.05) is 0 Å². The number of fused-ring (bicyclic) bond motifs is 3. The van der Waals surface area contributed by atoms with Gasteiger partial charge in [0.2, 0.25) is 0 Å². The molecule has 6 heteroatoms. The van der Waals surface area contributed by atoms with Gasteiger partial charge in [-0.1, -0.05) is 27.6 Å². The van der Waals surface area contributed by atoms with Crippen LogP contribution in [0.4, 0.5) is 0 Å². The Morgan fingerprint density at radius 1 is 1.25 bits per heavy atom. The first-order valence-corrected chi connectivity index (χ1v) is 7.99. The molecule has 2 fully saturated rings. The smallest absolute Gasteiger partial charge is 0.332 e. The van der Waals surface area contributed by atoms with Crippen molar-refractivity contribution in [3.05, 3.63) is 26.7 Å². The highest BCUT2D eigenvalue weighted by molar-refractivity contribution is 5.70. The summed E-state index contributed by atoms with van der Waals surface area (Å²) in [6.07, 6.45) is -29.0. The fourth-order valence-corrected chi connectivity index (χ4v) is 2.93. The van der Waals surface area contributed by atoms with Crippen molar-refractivity contribution in [1.29, 1.82) is 0 Å². The van der Waals surface area contributed by atoms with Crippen LogP contribution in [0.2, 0.25) is 0 Å². The first kappa shape index (κ1) is 5.44. The van der Waals surface area contributed by atoms with Crippen LogP contribution in [-0.4, -0.2) is 19.1 Å². The van der Waals surface area contributed by atoms with E-state index in [0.717, 1.165) is 0 Å². The Morgan fingerprint density at radius 2 is 1.96 bits per heavy atom. The summed E-state index contributed by atoms with van der Waals surface area (Å²) in [6.45, 7) is -14.2. The summed E-state index contributed by atoms with van der Waals surface area (Å²) in [5, 5.41) is 0. The maximum absolute atomic E-state index is 14.0. The fourth-order valence-electron chi connectivity index (χ4n) is 2.93. The number of aryl methyl sites for hydroxylation is 1. The lowest BCUT2D eigenvalue weighted by Crippen LogP contribution is -2.40. The minimum Gasteiger partial charge on any atom is -0.336 e. The van der Waals surface area contributed by atoms with Crippen LogP contribution < -0.4 is 11.2 Å². The topological polar surface area (TPSA) is 72.7 Å². The molecule has 0 spiro atoms. The van der Waals surface area contributed by atoms with Crippen molar-refractivity contribution >= 4 is 11.2 Å². The number of imidazole rings is 1. The van der Waals surface area contributed by atoms with Gasteiger partial charge in [-0.3, -0.25) is 13.9 Å². The van der Waals surface area contributed by atoms with E-state index >= 15 is 0 Å². The fraction of sp³-hybridized carbons (Fsp3) is 0.773. The molecule has 2 heterocycles. The third-order valence-corrected chi connectivity index (χ3v) is 4.08. The maximum Gasteiger partial charge on any atom is 0.332 e. The molecule has 4 rings (SSSR count). The molecule has 2 bridgehead atoms. The molecule has 28 heavy (non-hydrogen) atoms. The first-order chi connectivity index (χ1) is 23.3.